The van der Waals surface area contributed by atoms with Crippen LogP contribution in [0.25, 0.3) is 0 Å². The molecule has 1 aromatic heterocycles. The third kappa shape index (κ3) is 3.55. The summed E-state index contributed by atoms with van der Waals surface area (Å²) in [5.41, 5.74) is 1.14. The molecule has 124 valence electrons. The van der Waals surface area contributed by atoms with Crippen LogP contribution < -0.4 is 4.90 Å². The first-order valence-corrected chi connectivity index (χ1v) is 8.12. The van der Waals surface area contributed by atoms with Gasteiger partial charge < -0.3 is 10.0 Å². The van der Waals surface area contributed by atoms with Crippen molar-refractivity contribution in [1.82, 2.24) is 4.98 Å². The lowest BCUT2D eigenvalue weighted by Gasteiger charge is -2.42. The van der Waals surface area contributed by atoms with E-state index in [1.807, 2.05) is 12.1 Å². The third-order valence-corrected chi connectivity index (χ3v) is 4.66. The lowest BCUT2D eigenvalue weighted by Crippen LogP contribution is -2.47. The van der Waals surface area contributed by atoms with Gasteiger partial charge in [-0.3, -0.25) is 0 Å². The molecular formula is C19H20FN3O. The highest BCUT2D eigenvalue weighted by atomic mass is 19.1. The van der Waals surface area contributed by atoms with Crippen molar-refractivity contribution in [1.29, 1.82) is 5.26 Å². The number of nitriles is 1. The molecular weight excluding hydrogens is 305 g/mol. The van der Waals surface area contributed by atoms with Crippen molar-refractivity contribution in [2.75, 3.05) is 24.6 Å². The van der Waals surface area contributed by atoms with Gasteiger partial charge in [0.15, 0.2) is 0 Å². The molecule has 3 rings (SSSR count). The van der Waals surface area contributed by atoms with Crippen LogP contribution in [0.3, 0.4) is 0 Å². The Morgan fingerprint density at radius 2 is 2.04 bits per heavy atom. The monoisotopic (exact) mass is 325 g/mol. The number of aliphatic hydroxyl groups excluding tert-OH is 1. The predicted octanol–water partition coefficient (Wildman–Crippen LogP) is 2.91. The van der Waals surface area contributed by atoms with E-state index >= 15 is 0 Å². The zero-order valence-corrected chi connectivity index (χ0v) is 13.5. The van der Waals surface area contributed by atoms with Crippen molar-refractivity contribution < 1.29 is 9.50 Å². The van der Waals surface area contributed by atoms with Gasteiger partial charge in [0.2, 0.25) is 0 Å². The molecule has 1 aliphatic heterocycles. The van der Waals surface area contributed by atoms with Gasteiger partial charge in [-0.1, -0.05) is 18.2 Å². The number of nitrogens with zero attached hydrogens (tertiary/aromatic N) is 3. The van der Waals surface area contributed by atoms with E-state index in [1.54, 1.807) is 18.2 Å². The lowest BCUT2D eigenvalue weighted by molar-refractivity contribution is 0.105. The molecule has 5 heteroatoms. The van der Waals surface area contributed by atoms with Crippen LogP contribution in [-0.4, -0.2) is 29.8 Å². The summed E-state index contributed by atoms with van der Waals surface area (Å²) in [5, 5.41) is 19.1. The number of anilines is 1. The second-order valence-corrected chi connectivity index (χ2v) is 6.48. The number of aromatic nitrogens is 1. The van der Waals surface area contributed by atoms with Gasteiger partial charge in [0.25, 0.3) is 0 Å². The molecule has 0 spiro atoms. The van der Waals surface area contributed by atoms with E-state index in [4.69, 9.17) is 5.26 Å². The number of rotatable bonds is 4. The molecule has 0 amide bonds. The number of hydrogen-bond donors (Lipinski definition) is 1. The van der Waals surface area contributed by atoms with E-state index in [2.05, 4.69) is 16.0 Å². The molecule has 1 atom stereocenters. The molecule has 0 radical (unpaired) electrons. The van der Waals surface area contributed by atoms with Crippen molar-refractivity contribution in [2.45, 2.75) is 19.3 Å². The number of hydrogen-bond acceptors (Lipinski definition) is 4. The minimum atomic E-state index is -0.277. The van der Waals surface area contributed by atoms with E-state index in [0.29, 0.717) is 18.7 Å². The summed E-state index contributed by atoms with van der Waals surface area (Å²) >= 11 is 0. The van der Waals surface area contributed by atoms with E-state index in [9.17, 15) is 9.50 Å². The van der Waals surface area contributed by atoms with Crippen LogP contribution >= 0.6 is 0 Å². The summed E-state index contributed by atoms with van der Waals surface area (Å²) in [6, 6.07) is 13.9. The van der Waals surface area contributed by atoms with Gasteiger partial charge in [-0.15, -0.1) is 0 Å². The normalized spacial score (nSPS) is 20.6. The van der Waals surface area contributed by atoms with Gasteiger partial charge in [-0.25, -0.2) is 9.37 Å². The van der Waals surface area contributed by atoms with E-state index < -0.39 is 0 Å². The first kappa shape index (κ1) is 16.4. The average Bonchev–Trinajstić information content (AvgIpc) is 2.64. The molecule has 0 unspecified atom stereocenters. The summed E-state index contributed by atoms with van der Waals surface area (Å²) in [5.74, 6) is 0.519. The largest absolute Gasteiger partial charge is 0.396 e. The smallest absolute Gasteiger partial charge is 0.142 e. The fourth-order valence-electron chi connectivity index (χ4n) is 3.43. The van der Waals surface area contributed by atoms with Gasteiger partial charge in [0.1, 0.15) is 23.4 Å². The Morgan fingerprint density at radius 1 is 1.25 bits per heavy atom. The topological polar surface area (TPSA) is 60.2 Å². The van der Waals surface area contributed by atoms with Crippen molar-refractivity contribution in [3.63, 3.8) is 0 Å². The molecule has 24 heavy (non-hydrogen) atoms. The van der Waals surface area contributed by atoms with Crippen LogP contribution in [0.5, 0.6) is 0 Å². The predicted molar refractivity (Wildman–Crippen MR) is 90.0 cm³/mol. The SMILES string of the molecule is N#Cc1cccc(N2CCC[C@](CO)(Cc3ccc(F)cc3)C2)n1. The molecule has 2 heterocycles. The number of pyridine rings is 1. The number of halogens is 1. The van der Waals surface area contributed by atoms with Gasteiger partial charge in [0, 0.05) is 18.5 Å². The second kappa shape index (κ2) is 6.98. The zero-order valence-electron chi connectivity index (χ0n) is 13.5. The Labute approximate surface area is 141 Å². The van der Waals surface area contributed by atoms with Crippen molar-refractivity contribution in [2.24, 2.45) is 5.41 Å². The summed E-state index contributed by atoms with van der Waals surface area (Å²) in [7, 11) is 0. The summed E-state index contributed by atoms with van der Waals surface area (Å²) in [6.07, 6.45) is 2.55. The van der Waals surface area contributed by atoms with Crippen LogP contribution in [0.4, 0.5) is 10.2 Å². The minimum absolute atomic E-state index is 0.0683. The van der Waals surface area contributed by atoms with Gasteiger partial charge in [-0.2, -0.15) is 5.26 Å². The maximum atomic E-state index is 13.1. The maximum Gasteiger partial charge on any atom is 0.142 e. The maximum absolute atomic E-state index is 13.1. The fourth-order valence-corrected chi connectivity index (χ4v) is 3.43. The van der Waals surface area contributed by atoms with Crippen LogP contribution in [0, 0.1) is 22.6 Å². The molecule has 1 fully saturated rings. The van der Waals surface area contributed by atoms with Crippen molar-refractivity contribution >= 4 is 5.82 Å². The first-order valence-electron chi connectivity index (χ1n) is 8.12. The Hall–Kier alpha value is -2.45. The molecule has 1 aliphatic rings. The molecule has 0 aliphatic carbocycles. The highest BCUT2D eigenvalue weighted by molar-refractivity contribution is 5.42. The first-order chi connectivity index (χ1) is 11.6. The van der Waals surface area contributed by atoms with Crippen molar-refractivity contribution in [3.8, 4) is 6.07 Å². The Kier molecular flexibility index (Phi) is 4.77. The zero-order chi connectivity index (χ0) is 17.0. The quantitative estimate of drug-likeness (QED) is 0.939. The molecule has 1 aromatic carbocycles. The van der Waals surface area contributed by atoms with Crippen LogP contribution in [0.15, 0.2) is 42.5 Å². The standard InChI is InChI=1S/C19H20FN3O/c20-16-7-5-15(6-8-16)11-19(14-24)9-2-10-23(13-19)18-4-1-3-17(12-21)22-18/h1,3-8,24H,2,9-11,13-14H2/t19-/m0/s1. The molecule has 0 saturated carbocycles. The molecule has 1 N–H and O–H groups in total. The van der Waals surface area contributed by atoms with Gasteiger partial charge in [0.05, 0.1) is 6.61 Å². The highest BCUT2D eigenvalue weighted by Crippen LogP contribution is 2.35. The molecule has 2 aromatic rings. The second-order valence-electron chi connectivity index (χ2n) is 6.48. The summed E-state index contributed by atoms with van der Waals surface area (Å²) in [6.45, 7) is 1.59. The van der Waals surface area contributed by atoms with E-state index in [-0.39, 0.29) is 17.8 Å². The van der Waals surface area contributed by atoms with E-state index in [0.717, 1.165) is 30.8 Å². The average molecular weight is 325 g/mol. The molecule has 0 bridgehead atoms. The highest BCUT2D eigenvalue weighted by Gasteiger charge is 2.35. The Balaban J connectivity index is 1.81. The number of benzene rings is 1. The number of piperidine rings is 1. The molecule has 4 nitrogen and oxygen atoms in total. The van der Waals surface area contributed by atoms with Crippen LogP contribution in [0.1, 0.15) is 24.1 Å². The van der Waals surface area contributed by atoms with Gasteiger partial charge in [-0.05, 0) is 49.1 Å². The Morgan fingerprint density at radius 3 is 2.75 bits per heavy atom. The van der Waals surface area contributed by atoms with Gasteiger partial charge >= 0.3 is 0 Å². The summed E-state index contributed by atoms with van der Waals surface area (Å²) in [4.78, 5) is 6.50. The third-order valence-electron chi connectivity index (χ3n) is 4.66. The lowest BCUT2D eigenvalue weighted by atomic mass is 9.75. The van der Waals surface area contributed by atoms with E-state index in [1.165, 1.54) is 12.1 Å². The summed E-state index contributed by atoms with van der Waals surface area (Å²) < 4.78 is 13.1. The van der Waals surface area contributed by atoms with Crippen molar-refractivity contribution in [3.05, 3.63) is 59.5 Å². The van der Waals surface area contributed by atoms with Crippen LogP contribution in [-0.2, 0) is 6.42 Å². The minimum Gasteiger partial charge on any atom is -0.396 e. The molecule has 1 saturated heterocycles. The Bertz CT molecular complexity index is 741. The van der Waals surface area contributed by atoms with Crippen LogP contribution in [0.2, 0.25) is 0 Å². The number of aliphatic hydroxyl groups is 1. The fraction of sp³-hybridized carbons (Fsp3) is 0.368.